The average Bonchev–Trinajstić information content (AvgIpc) is 2.93. The Hall–Kier alpha value is -3.20. The predicted molar refractivity (Wildman–Crippen MR) is 128 cm³/mol. The molecular weight excluding hydrogens is 454 g/mol. The van der Waals surface area contributed by atoms with E-state index in [0.29, 0.717) is 10.7 Å². The first kappa shape index (κ1) is 25.4. The van der Waals surface area contributed by atoms with Gasteiger partial charge in [0.2, 0.25) is 11.8 Å². The number of carbonyl (C=O) groups is 3. The van der Waals surface area contributed by atoms with Gasteiger partial charge in [-0.2, -0.15) is 0 Å². The monoisotopic (exact) mass is 485 g/mol. The third kappa shape index (κ3) is 5.30. The molecule has 9 heteroatoms. The van der Waals surface area contributed by atoms with E-state index in [1.807, 2.05) is 52.0 Å². The van der Waals surface area contributed by atoms with Crippen LogP contribution >= 0.6 is 0 Å². The molecule has 0 fully saturated rings. The van der Waals surface area contributed by atoms with E-state index in [0.717, 1.165) is 11.1 Å². The molecule has 3 rings (SSSR count). The maximum atomic E-state index is 13.5. The van der Waals surface area contributed by atoms with Crippen molar-refractivity contribution in [1.82, 2.24) is 14.5 Å². The van der Waals surface area contributed by atoms with Crippen molar-refractivity contribution in [3.8, 4) is 0 Å². The van der Waals surface area contributed by atoms with Gasteiger partial charge >= 0.3 is 0 Å². The molecule has 0 radical (unpaired) electrons. The number of benzene rings is 2. The Morgan fingerprint density at radius 2 is 1.76 bits per heavy atom. The minimum Gasteiger partial charge on any atom is -0.350 e. The molecule has 34 heavy (non-hydrogen) atoms. The number of hydrogen-bond acceptors (Lipinski definition) is 5. The molecule has 1 aliphatic rings. The Morgan fingerprint density at radius 3 is 2.35 bits per heavy atom. The van der Waals surface area contributed by atoms with Crippen molar-refractivity contribution < 1.29 is 22.8 Å². The number of nitrogens with zero attached hydrogens (tertiary/aromatic N) is 2. The fourth-order valence-electron chi connectivity index (χ4n) is 3.98. The van der Waals surface area contributed by atoms with E-state index >= 15 is 0 Å². The minimum atomic E-state index is -4.15. The molecule has 1 aliphatic heterocycles. The number of nitrogens with one attached hydrogen (secondary N) is 1. The Balaban J connectivity index is 1.94. The van der Waals surface area contributed by atoms with E-state index in [4.69, 9.17) is 0 Å². The Labute approximate surface area is 201 Å². The second kappa shape index (κ2) is 9.58. The van der Waals surface area contributed by atoms with Crippen LogP contribution in [0, 0.1) is 6.92 Å². The van der Waals surface area contributed by atoms with Crippen LogP contribution in [0.4, 0.5) is 0 Å². The number of carbonyl (C=O) groups excluding carboxylic acids is 3. The van der Waals surface area contributed by atoms with Crippen LogP contribution in [0.2, 0.25) is 0 Å². The highest BCUT2D eigenvalue weighted by molar-refractivity contribution is 7.90. The highest BCUT2D eigenvalue weighted by Crippen LogP contribution is 2.30. The summed E-state index contributed by atoms with van der Waals surface area (Å²) in [5, 5.41) is 2.90. The summed E-state index contributed by atoms with van der Waals surface area (Å²) >= 11 is 0. The van der Waals surface area contributed by atoms with Crippen LogP contribution in [0.1, 0.15) is 55.6 Å². The van der Waals surface area contributed by atoms with Crippen molar-refractivity contribution in [2.24, 2.45) is 0 Å². The summed E-state index contributed by atoms with van der Waals surface area (Å²) in [6.45, 7) is 8.67. The molecular formula is C25H31N3O5S. The molecule has 1 N–H and O–H groups in total. The minimum absolute atomic E-state index is 0.0399. The van der Waals surface area contributed by atoms with Crippen molar-refractivity contribution in [3.05, 3.63) is 65.2 Å². The summed E-state index contributed by atoms with van der Waals surface area (Å²) in [5.41, 5.74) is 1.32. The lowest BCUT2D eigenvalue weighted by Gasteiger charge is -2.33. The second-order valence-corrected chi connectivity index (χ2v) is 11.3. The lowest BCUT2D eigenvalue weighted by Crippen LogP contribution is -2.55. The molecule has 3 amide bonds. The highest BCUT2D eigenvalue weighted by atomic mass is 32.2. The zero-order chi connectivity index (χ0) is 25.3. The number of hydrogen-bond donors (Lipinski definition) is 1. The van der Waals surface area contributed by atoms with Crippen molar-refractivity contribution in [1.29, 1.82) is 0 Å². The van der Waals surface area contributed by atoms with E-state index in [1.165, 1.54) is 23.1 Å². The molecule has 0 bridgehead atoms. The third-order valence-electron chi connectivity index (χ3n) is 5.51. The Kier molecular flexibility index (Phi) is 7.16. The first-order chi connectivity index (χ1) is 15.8. The molecule has 2 aromatic rings. The molecule has 182 valence electrons. The van der Waals surface area contributed by atoms with Gasteiger partial charge in [0.1, 0.15) is 17.5 Å². The van der Waals surface area contributed by atoms with Gasteiger partial charge in [0.05, 0.1) is 5.56 Å². The van der Waals surface area contributed by atoms with Crippen LogP contribution in [0.5, 0.6) is 0 Å². The van der Waals surface area contributed by atoms with Gasteiger partial charge in [-0.1, -0.05) is 48.9 Å². The fraction of sp³-hybridized carbons (Fsp3) is 0.400. The summed E-state index contributed by atoms with van der Waals surface area (Å²) in [6, 6.07) is 12.6. The Morgan fingerprint density at radius 1 is 1.09 bits per heavy atom. The van der Waals surface area contributed by atoms with Crippen molar-refractivity contribution >= 4 is 27.7 Å². The van der Waals surface area contributed by atoms with Crippen molar-refractivity contribution in [3.63, 3.8) is 0 Å². The summed E-state index contributed by atoms with van der Waals surface area (Å²) < 4.78 is 26.5. The van der Waals surface area contributed by atoms with Gasteiger partial charge in [0.15, 0.2) is 0 Å². The van der Waals surface area contributed by atoms with Crippen LogP contribution in [-0.4, -0.2) is 53.5 Å². The molecule has 1 atom stereocenters. The van der Waals surface area contributed by atoms with E-state index in [2.05, 4.69) is 5.32 Å². The molecule has 0 saturated heterocycles. The summed E-state index contributed by atoms with van der Waals surface area (Å²) in [5.74, 6) is -1.70. The van der Waals surface area contributed by atoms with E-state index < -0.39 is 40.0 Å². The van der Waals surface area contributed by atoms with Crippen LogP contribution in [-0.2, 0) is 26.2 Å². The molecule has 0 saturated carbocycles. The first-order valence-corrected chi connectivity index (χ1v) is 12.6. The lowest BCUT2D eigenvalue weighted by atomic mass is 10.0. The smallest absolute Gasteiger partial charge is 0.269 e. The number of sulfonamides is 1. The third-order valence-corrected chi connectivity index (χ3v) is 7.30. The topological polar surface area (TPSA) is 104 Å². The van der Waals surface area contributed by atoms with E-state index in [1.54, 1.807) is 13.0 Å². The molecule has 8 nitrogen and oxygen atoms in total. The predicted octanol–water partition coefficient (Wildman–Crippen LogP) is 2.86. The van der Waals surface area contributed by atoms with Gasteiger partial charge in [-0.25, -0.2) is 12.7 Å². The van der Waals surface area contributed by atoms with Crippen LogP contribution in [0.15, 0.2) is 53.4 Å². The van der Waals surface area contributed by atoms with E-state index in [-0.39, 0.29) is 22.9 Å². The van der Waals surface area contributed by atoms with Gasteiger partial charge in [-0.15, -0.1) is 0 Å². The standard InChI is InChI=1S/C25H31N3O5S/c1-6-20(23(30)26-25(3,4)5)27(15-18-11-9-10-17(2)14-18)22(29)16-28-24(31)19-12-7-8-13-21(19)34(28,32)33/h7-14,20H,6,15-16H2,1-5H3,(H,26,30)/t20-/m0/s1. The molecule has 0 aliphatic carbocycles. The molecule has 0 aromatic heterocycles. The van der Waals surface area contributed by atoms with Crippen molar-refractivity contribution in [2.75, 3.05) is 6.54 Å². The maximum Gasteiger partial charge on any atom is 0.269 e. The van der Waals surface area contributed by atoms with Gasteiger partial charge in [0.25, 0.3) is 15.9 Å². The number of fused-ring (bicyclic) bond motifs is 1. The highest BCUT2D eigenvalue weighted by Gasteiger charge is 2.43. The Bertz CT molecular complexity index is 1220. The lowest BCUT2D eigenvalue weighted by molar-refractivity contribution is -0.141. The zero-order valence-electron chi connectivity index (χ0n) is 20.2. The normalized spacial score (nSPS) is 15.6. The molecule has 1 heterocycles. The average molecular weight is 486 g/mol. The van der Waals surface area contributed by atoms with Gasteiger partial charge < -0.3 is 10.2 Å². The van der Waals surface area contributed by atoms with Crippen LogP contribution < -0.4 is 5.32 Å². The van der Waals surface area contributed by atoms with Gasteiger partial charge in [-0.3, -0.25) is 14.4 Å². The molecule has 0 unspecified atom stereocenters. The fourth-order valence-corrected chi connectivity index (χ4v) is 5.50. The molecule has 2 aromatic carbocycles. The molecule has 0 spiro atoms. The maximum absolute atomic E-state index is 13.5. The summed E-state index contributed by atoms with van der Waals surface area (Å²) in [7, 11) is -4.15. The zero-order valence-corrected chi connectivity index (χ0v) is 21.0. The first-order valence-electron chi connectivity index (χ1n) is 11.2. The largest absolute Gasteiger partial charge is 0.350 e. The summed E-state index contributed by atoms with van der Waals surface area (Å²) in [6.07, 6.45) is 0.320. The van der Waals surface area contributed by atoms with Gasteiger partial charge in [-0.05, 0) is 51.8 Å². The van der Waals surface area contributed by atoms with Crippen molar-refractivity contribution in [2.45, 2.75) is 64.1 Å². The quantitative estimate of drug-likeness (QED) is 0.650. The van der Waals surface area contributed by atoms with Crippen LogP contribution in [0.3, 0.4) is 0 Å². The van der Waals surface area contributed by atoms with Gasteiger partial charge in [0, 0.05) is 12.1 Å². The SMILES string of the molecule is CC[C@@H](C(=O)NC(C)(C)C)N(Cc1cccc(C)c1)C(=O)CN1C(=O)c2ccccc2S1(=O)=O. The second-order valence-electron chi connectivity index (χ2n) is 9.49. The number of aryl methyl sites for hydroxylation is 1. The number of rotatable bonds is 7. The number of amides is 3. The summed E-state index contributed by atoms with van der Waals surface area (Å²) in [4.78, 5) is 40.7. The van der Waals surface area contributed by atoms with Crippen LogP contribution in [0.25, 0.3) is 0 Å². The van der Waals surface area contributed by atoms with E-state index in [9.17, 15) is 22.8 Å².